The topological polar surface area (TPSA) is 76.1 Å². The number of aliphatic hydroxyl groups is 1. The second-order valence-electron chi connectivity index (χ2n) is 10.3. The van der Waals surface area contributed by atoms with E-state index >= 15 is 0 Å². The van der Waals surface area contributed by atoms with E-state index in [0.717, 1.165) is 48.1 Å². The van der Waals surface area contributed by atoms with Crippen LogP contribution in [0.25, 0.3) is 5.76 Å². The molecule has 0 spiro atoms. The summed E-state index contributed by atoms with van der Waals surface area (Å²) in [5.41, 5.74) is 3.38. The normalized spacial score (nSPS) is 19.7. The van der Waals surface area contributed by atoms with Crippen molar-refractivity contribution in [2.75, 3.05) is 13.2 Å². The molecule has 5 rings (SSSR count). The third kappa shape index (κ3) is 5.70. The van der Waals surface area contributed by atoms with Gasteiger partial charge < -0.3 is 19.5 Å². The summed E-state index contributed by atoms with van der Waals surface area (Å²) < 4.78 is 11.8. The number of nitrogens with zero attached hydrogens (tertiary/aromatic N) is 1. The van der Waals surface area contributed by atoms with Crippen LogP contribution in [0.3, 0.4) is 0 Å². The lowest BCUT2D eigenvalue weighted by molar-refractivity contribution is -0.139. The maximum atomic E-state index is 13.5. The molecule has 39 heavy (non-hydrogen) atoms. The molecular formula is C33H35NO5. The number of carbonyl (C=O) groups is 2. The van der Waals surface area contributed by atoms with Crippen LogP contribution < -0.4 is 9.47 Å². The Balaban J connectivity index is 1.52. The molecule has 0 radical (unpaired) electrons. The number of benzene rings is 3. The van der Waals surface area contributed by atoms with Gasteiger partial charge in [-0.1, -0.05) is 62.2 Å². The summed E-state index contributed by atoms with van der Waals surface area (Å²) in [5.74, 6) is 0.0137. The summed E-state index contributed by atoms with van der Waals surface area (Å²) in [6.45, 7) is 5.08. The van der Waals surface area contributed by atoms with E-state index in [1.165, 1.54) is 0 Å². The average Bonchev–Trinajstić information content (AvgIpc) is 3.45. The predicted molar refractivity (Wildman–Crippen MR) is 151 cm³/mol. The van der Waals surface area contributed by atoms with Gasteiger partial charge in [0, 0.05) is 18.5 Å². The van der Waals surface area contributed by atoms with E-state index in [9.17, 15) is 14.7 Å². The number of fused-ring (bicyclic) bond motifs is 1. The van der Waals surface area contributed by atoms with E-state index in [1.807, 2.05) is 73.7 Å². The van der Waals surface area contributed by atoms with E-state index in [2.05, 4.69) is 6.92 Å². The van der Waals surface area contributed by atoms with Gasteiger partial charge >= 0.3 is 0 Å². The third-order valence-corrected chi connectivity index (χ3v) is 7.38. The first kappa shape index (κ1) is 26.5. The Morgan fingerprint density at radius 3 is 2.64 bits per heavy atom. The summed E-state index contributed by atoms with van der Waals surface area (Å²) in [4.78, 5) is 28.4. The minimum absolute atomic E-state index is 0.0565. The van der Waals surface area contributed by atoms with Crippen LogP contribution in [0.2, 0.25) is 0 Å². The SMILES string of the molecule is CCCCCOc1cccc([C@H]2C(=C(O)c3ccc4c(c3)C[C@@H](C)O4)C(=O)C(=O)N2CCc2ccccc2)c1. The second-order valence-corrected chi connectivity index (χ2v) is 10.3. The Morgan fingerprint density at radius 1 is 1.03 bits per heavy atom. The Hall–Kier alpha value is -4.06. The number of carbonyl (C=O) groups excluding carboxylic acids is 2. The van der Waals surface area contributed by atoms with Crippen molar-refractivity contribution in [3.05, 3.63) is 101 Å². The second kappa shape index (κ2) is 11.8. The first-order valence-electron chi connectivity index (χ1n) is 13.8. The molecule has 2 atom stereocenters. The molecule has 0 aliphatic carbocycles. The highest BCUT2D eigenvalue weighted by Gasteiger charge is 2.46. The van der Waals surface area contributed by atoms with E-state index in [1.54, 1.807) is 11.0 Å². The third-order valence-electron chi connectivity index (χ3n) is 7.38. The molecule has 1 amide bonds. The molecule has 6 heteroatoms. The molecule has 1 N–H and O–H groups in total. The zero-order chi connectivity index (χ0) is 27.4. The van der Waals surface area contributed by atoms with Gasteiger partial charge in [-0.2, -0.15) is 0 Å². The Bertz CT molecular complexity index is 1380. The summed E-state index contributed by atoms with van der Waals surface area (Å²) in [5, 5.41) is 11.5. The van der Waals surface area contributed by atoms with Crippen molar-refractivity contribution in [2.24, 2.45) is 0 Å². The van der Waals surface area contributed by atoms with Crippen LogP contribution in [0.5, 0.6) is 11.5 Å². The summed E-state index contributed by atoms with van der Waals surface area (Å²) >= 11 is 0. The van der Waals surface area contributed by atoms with Gasteiger partial charge in [0.05, 0.1) is 18.2 Å². The van der Waals surface area contributed by atoms with Gasteiger partial charge in [-0.15, -0.1) is 0 Å². The van der Waals surface area contributed by atoms with Crippen molar-refractivity contribution in [1.82, 2.24) is 4.90 Å². The quantitative estimate of drug-likeness (QED) is 0.147. The van der Waals surface area contributed by atoms with Gasteiger partial charge in [-0.3, -0.25) is 9.59 Å². The lowest BCUT2D eigenvalue weighted by Gasteiger charge is -2.26. The highest BCUT2D eigenvalue weighted by molar-refractivity contribution is 6.46. The molecule has 1 fully saturated rings. The molecule has 0 aromatic heterocycles. The molecular weight excluding hydrogens is 490 g/mol. The smallest absolute Gasteiger partial charge is 0.295 e. The van der Waals surface area contributed by atoms with Crippen molar-refractivity contribution in [3.8, 4) is 11.5 Å². The number of rotatable bonds is 10. The molecule has 0 unspecified atom stereocenters. The molecule has 2 heterocycles. The Kier molecular flexibility index (Phi) is 8.01. The van der Waals surface area contributed by atoms with Crippen LogP contribution in [0, 0.1) is 0 Å². The molecule has 0 bridgehead atoms. The Labute approximate surface area is 229 Å². The van der Waals surface area contributed by atoms with Crippen LogP contribution in [0.1, 0.15) is 61.4 Å². The Morgan fingerprint density at radius 2 is 1.85 bits per heavy atom. The van der Waals surface area contributed by atoms with Crippen molar-refractivity contribution in [1.29, 1.82) is 0 Å². The lowest BCUT2D eigenvalue weighted by Crippen LogP contribution is -2.31. The summed E-state index contributed by atoms with van der Waals surface area (Å²) in [6, 6.07) is 22.1. The number of unbranched alkanes of at least 4 members (excludes halogenated alkanes) is 2. The number of Topliss-reactive ketones (excluding diaryl/α,β-unsaturated/α-hetero) is 1. The van der Waals surface area contributed by atoms with Crippen LogP contribution in [-0.2, 0) is 22.4 Å². The monoisotopic (exact) mass is 525 g/mol. The standard InChI is InChI=1S/C33H35NO5/c1-3-4-8-18-38-27-13-9-12-24(21-27)30-29(31(35)25-14-15-28-26(20-25)19-22(2)39-28)32(36)33(37)34(30)17-16-23-10-6-5-7-11-23/h5-7,9-15,20-22,30,35H,3-4,8,16-19H2,1-2H3/t22-,30+/m1/s1. The number of aliphatic hydroxyl groups excluding tert-OH is 1. The van der Waals surface area contributed by atoms with Gasteiger partial charge in [0.25, 0.3) is 11.7 Å². The zero-order valence-corrected chi connectivity index (χ0v) is 22.6. The maximum absolute atomic E-state index is 13.5. The van der Waals surface area contributed by atoms with Crippen LogP contribution in [0.4, 0.5) is 0 Å². The predicted octanol–water partition coefficient (Wildman–Crippen LogP) is 6.24. The first-order valence-corrected chi connectivity index (χ1v) is 13.8. The lowest BCUT2D eigenvalue weighted by atomic mass is 9.94. The molecule has 3 aromatic carbocycles. The number of likely N-dealkylation sites (tertiary alicyclic amines) is 1. The minimum atomic E-state index is -0.726. The zero-order valence-electron chi connectivity index (χ0n) is 22.6. The summed E-state index contributed by atoms with van der Waals surface area (Å²) in [6.07, 6.45) is 4.52. The van der Waals surface area contributed by atoms with Gasteiger partial charge in [0.2, 0.25) is 0 Å². The number of ether oxygens (including phenoxy) is 2. The number of hydrogen-bond acceptors (Lipinski definition) is 5. The average molecular weight is 526 g/mol. The van der Waals surface area contributed by atoms with E-state index < -0.39 is 17.7 Å². The fraction of sp³-hybridized carbons (Fsp3) is 0.333. The molecule has 2 aliphatic rings. The molecule has 202 valence electrons. The van der Waals surface area contributed by atoms with Gasteiger partial charge in [-0.05, 0) is 66.8 Å². The van der Waals surface area contributed by atoms with Gasteiger partial charge in [0.1, 0.15) is 23.4 Å². The largest absolute Gasteiger partial charge is 0.507 e. The fourth-order valence-corrected chi connectivity index (χ4v) is 5.39. The van der Waals surface area contributed by atoms with Crippen LogP contribution in [0.15, 0.2) is 78.4 Å². The summed E-state index contributed by atoms with van der Waals surface area (Å²) in [7, 11) is 0. The van der Waals surface area contributed by atoms with Crippen LogP contribution >= 0.6 is 0 Å². The van der Waals surface area contributed by atoms with E-state index in [0.29, 0.717) is 30.9 Å². The number of hydrogen-bond donors (Lipinski definition) is 1. The molecule has 6 nitrogen and oxygen atoms in total. The fourth-order valence-electron chi connectivity index (χ4n) is 5.39. The number of ketones is 1. The van der Waals surface area contributed by atoms with Gasteiger partial charge in [0.15, 0.2) is 0 Å². The number of amides is 1. The first-order chi connectivity index (χ1) is 19.0. The maximum Gasteiger partial charge on any atom is 0.295 e. The van der Waals surface area contributed by atoms with Crippen molar-refractivity contribution in [3.63, 3.8) is 0 Å². The highest BCUT2D eigenvalue weighted by Crippen LogP contribution is 2.41. The minimum Gasteiger partial charge on any atom is -0.507 e. The van der Waals surface area contributed by atoms with Crippen molar-refractivity contribution in [2.45, 2.75) is 58.1 Å². The molecule has 3 aromatic rings. The van der Waals surface area contributed by atoms with Crippen molar-refractivity contribution >= 4 is 17.4 Å². The van der Waals surface area contributed by atoms with Gasteiger partial charge in [-0.25, -0.2) is 0 Å². The molecule has 2 aliphatic heterocycles. The molecule has 1 saturated heterocycles. The van der Waals surface area contributed by atoms with Crippen LogP contribution in [-0.4, -0.2) is 41.0 Å². The van der Waals surface area contributed by atoms with E-state index in [4.69, 9.17) is 9.47 Å². The van der Waals surface area contributed by atoms with E-state index in [-0.39, 0.29) is 17.4 Å². The van der Waals surface area contributed by atoms with Crippen molar-refractivity contribution < 1.29 is 24.2 Å². The molecule has 0 saturated carbocycles. The highest BCUT2D eigenvalue weighted by atomic mass is 16.5.